The fourth-order valence-electron chi connectivity index (χ4n) is 4.62. The van der Waals surface area contributed by atoms with Crippen molar-refractivity contribution >= 4 is 51.3 Å². The Morgan fingerprint density at radius 2 is 1.49 bits per heavy atom. The van der Waals surface area contributed by atoms with E-state index >= 15 is 0 Å². The average molecular weight is 651 g/mol. The topological polar surface area (TPSA) is 159 Å². The lowest BCUT2D eigenvalue weighted by Crippen LogP contribution is -2.63. The van der Waals surface area contributed by atoms with E-state index in [1.807, 2.05) is 6.07 Å². The van der Waals surface area contributed by atoms with Crippen LogP contribution in [0.15, 0.2) is 30.5 Å². The molecule has 0 amide bonds. The summed E-state index contributed by atoms with van der Waals surface area (Å²) in [6.07, 6.45) is -5.77. The van der Waals surface area contributed by atoms with Crippen molar-refractivity contribution in [3.05, 3.63) is 41.0 Å². The Labute approximate surface area is 264 Å². The van der Waals surface area contributed by atoms with Gasteiger partial charge in [0.1, 0.15) is 25.1 Å². The molecule has 0 N–H and O–H groups in total. The summed E-state index contributed by atoms with van der Waals surface area (Å²) in [6, 6.07) is 5.18. The van der Waals surface area contributed by atoms with E-state index < -0.39 is 54.6 Å². The number of rotatable bonds is 14. The Morgan fingerprint density at radius 3 is 2.09 bits per heavy atom. The van der Waals surface area contributed by atoms with E-state index in [1.165, 1.54) is 25.2 Å². The number of hydrogen-bond donors (Lipinski definition) is 0. The highest BCUT2D eigenvalue weighted by Gasteiger charge is 2.53. The van der Waals surface area contributed by atoms with Crippen LogP contribution in [0, 0.1) is 0 Å². The largest absolute Gasteiger partial charge is 0.496 e. The van der Waals surface area contributed by atoms with Gasteiger partial charge in [-0.15, -0.1) is 11.3 Å². The van der Waals surface area contributed by atoms with Gasteiger partial charge in [-0.1, -0.05) is 12.6 Å². The molecule has 0 radical (unpaired) electrons. The molecule has 13 nitrogen and oxygen atoms in total. The summed E-state index contributed by atoms with van der Waals surface area (Å²) >= 11 is 1.39. The van der Waals surface area contributed by atoms with Crippen molar-refractivity contribution in [3.63, 3.8) is 0 Å². The number of carbonyl (C=O) groups is 5. The van der Waals surface area contributed by atoms with E-state index in [0.717, 1.165) is 23.4 Å². The molecule has 0 spiro atoms. The van der Waals surface area contributed by atoms with Crippen LogP contribution in [-0.2, 0) is 70.2 Å². The van der Waals surface area contributed by atoms with Gasteiger partial charge in [0.15, 0.2) is 12.2 Å². The van der Waals surface area contributed by atoms with Gasteiger partial charge >= 0.3 is 29.8 Å². The third-order valence-electron chi connectivity index (χ3n) is 6.32. The van der Waals surface area contributed by atoms with Gasteiger partial charge in [0, 0.05) is 48.2 Å². The second-order valence-electron chi connectivity index (χ2n) is 10.2. The maximum absolute atomic E-state index is 12.2. The van der Waals surface area contributed by atoms with E-state index in [2.05, 4.69) is 6.58 Å². The monoisotopic (exact) mass is 650 g/mol. The minimum Gasteiger partial charge on any atom is -0.496 e. The van der Waals surface area contributed by atoms with Crippen LogP contribution in [0.3, 0.4) is 0 Å². The molecule has 2 heterocycles. The van der Waals surface area contributed by atoms with Gasteiger partial charge in [0.2, 0.25) is 12.4 Å². The Bertz CT molecular complexity index is 1410. The number of fused-ring (bicyclic) bond motifs is 1. The highest BCUT2D eigenvalue weighted by atomic mass is 32.1. The molecule has 3 rings (SSSR count). The van der Waals surface area contributed by atoms with Crippen LogP contribution in [0.2, 0.25) is 0 Å². The number of ether oxygens (including phenoxy) is 8. The van der Waals surface area contributed by atoms with Gasteiger partial charge < -0.3 is 37.9 Å². The zero-order valence-electron chi connectivity index (χ0n) is 26.1. The maximum atomic E-state index is 12.2. The first-order valence-corrected chi connectivity index (χ1v) is 15.1. The van der Waals surface area contributed by atoms with Crippen LogP contribution in [0.5, 0.6) is 5.75 Å². The smallest absolute Gasteiger partial charge is 0.306 e. The number of benzene rings is 1. The van der Waals surface area contributed by atoms with Crippen molar-refractivity contribution in [2.24, 2.45) is 0 Å². The predicted octanol–water partition coefficient (Wildman–Crippen LogP) is 3.91. The highest BCUT2D eigenvalue weighted by molar-refractivity contribution is 7.19. The van der Waals surface area contributed by atoms with Crippen LogP contribution in [-0.4, -0.2) is 73.8 Å². The zero-order valence-corrected chi connectivity index (χ0v) is 26.9. The van der Waals surface area contributed by atoms with Gasteiger partial charge in [0.25, 0.3) is 0 Å². The average Bonchev–Trinajstić information content (AvgIpc) is 3.38. The number of aryl methyl sites for hydroxylation is 1. The number of hydrogen-bond acceptors (Lipinski definition) is 14. The minimum absolute atomic E-state index is 0.00114. The second kappa shape index (κ2) is 16.2. The van der Waals surface area contributed by atoms with Crippen LogP contribution in [0.4, 0.5) is 0 Å². The molecular weight excluding hydrogens is 612 g/mol. The van der Waals surface area contributed by atoms with Gasteiger partial charge in [-0.3, -0.25) is 24.0 Å². The van der Waals surface area contributed by atoms with E-state index in [9.17, 15) is 24.0 Å². The quantitative estimate of drug-likeness (QED) is 0.165. The molecule has 0 unspecified atom stereocenters. The number of thiophene rings is 1. The second-order valence-corrected chi connectivity index (χ2v) is 11.3. The molecule has 0 saturated carbocycles. The predicted molar refractivity (Wildman–Crippen MR) is 159 cm³/mol. The SMILES string of the molecule is C=C(C)OC[C@H]1O[C@@H](Oc2ccc(COC(C)=O)c3sc(CCC(=O)OCC)cc23)[C@H](OC(C)=O)[C@@H](OC(C)=O)[C@H]1OC(C)=O. The van der Waals surface area contributed by atoms with E-state index in [0.29, 0.717) is 28.9 Å². The van der Waals surface area contributed by atoms with Crippen LogP contribution < -0.4 is 4.74 Å². The zero-order chi connectivity index (χ0) is 33.3. The highest BCUT2D eigenvalue weighted by Crippen LogP contribution is 2.39. The molecule has 1 aliphatic rings. The Balaban J connectivity index is 2.07. The molecule has 1 saturated heterocycles. The molecule has 246 valence electrons. The van der Waals surface area contributed by atoms with Crippen LogP contribution >= 0.6 is 11.3 Å². The Morgan fingerprint density at radius 1 is 0.844 bits per heavy atom. The lowest BCUT2D eigenvalue weighted by atomic mass is 9.98. The number of carbonyl (C=O) groups excluding carboxylic acids is 5. The fraction of sp³-hybridized carbons (Fsp3) is 0.516. The van der Waals surface area contributed by atoms with E-state index in [-0.39, 0.29) is 32.2 Å². The molecule has 1 aliphatic heterocycles. The first-order valence-electron chi connectivity index (χ1n) is 14.2. The first kappa shape index (κ1) is 35.3. The molecule has 5 atom stereocenters. The molecular formula is C31H38O13S. The van der Waals surface area contributed by atoms with Crippen LogP contribution in [0.1, 0.15) is 58.4 Å². The van der Waals surface area contributed by atoms with E-state index in [1.54, 1.807) is 26.0 Å². The molecule has 45 heavy (non-hydrogen) atoms. The van der Waals surface area contributed by atoms with Crippen molar-refractivity contribution in [2.45, 2.75) is 91.7 Å². The molecule has 14 heteroatoms. The van der Waals surface area contributed by atoms with Gasteiger partial charge in [-0.25, -0.2) is 0 Å². The van der Waals surface area contributed by atoms with Gasteiger partial charge in [-0.2, -0.15) is 0 Å². The van der Waals surface area contributed by atoms with Crippen molar-refractivity contribution in [2.75, 3.05) is 13.2 Å². The van der Waals surface area contributed by atoms with Crippen molar-refractivity contribution in [1.29, 1.82) is 0 Å². The lowest BCUT2D eigenvalue weighted by molar-refractivity contribution is -0.288. The molecule has 2 aromatic rings. The summed E-state index contributed by atoms with van der Waals surface area (Å²) in [5.41, 5.74) is 0.696. The number of esters is 5. The van der Waals surface area contributed by atoms with Gasteiger partial charge in [0.05, 0.1) is 18.8 Å². The summed E-state index contributed by atoms with van der Waals surface area (Å²) in [6.45, 7) is 12.0. The fourth-order valence-corrected chi connectivity index (χ4v) is 5.79. The Hall–Kier alpha value is -4.17. The van der Waals surface area contributed by atoms with Crippen molar-refractivity contribution in [1.82, 2.24) is 0 Å². The summed E-state index contributed by atoms with van der Waals surface area (Å²) in [5.74, 6) is -2.30. The third kappa shape index (κ3) is 10.2. The van der Waals surface area contributed by atoms with Crippen molar-refractivity contribution < 1.29 is 61.9 Å². The lowest BCUT2D eigenvalue weighted by Gasteiger charge is -2.44. The van der Waals surface area contributed by atoms with Crippen LogP contribution in [0.25, 0.3) is 10.1 Å². The normalized spacial score (nSPS) is 20.9. The van der Waals surface area contributed by atoms with E-state index in [4.69, 9.17) is 37.9 Å². The summed E-state index contributed by atoms with van der Waals surface area (Å²) in [5, 5.41) is 0.606. The molecule has 0 aliphatic carbocycles. The molecule has 1 fully saturated rings. The molecule has 1 aromatic heterocycles. The summed E-state index contributed by atoms with van der Waals surface area (Å²) in [4.78, 5) is 60.9. The molecule has 0 bridgehead atoms. The minimum atomic E-state index is -1.37. The van der Waals surface area contributed by atoms with Gasteiger partial charge in [-0.05, 0) is 32.4 Å². The summed E-state index contributed by atoms with van der Waals surface area (Å²) in [7, 11) is 0. The van der Waals surface area contributed by atoms with Crippen molar-refractivity contribution in [3.8, 4) is 5.75 Å². The first-order chi connectivity index (χ1) is 21.3. The summed E-state index contributed by atoms with van der Waals surface area (Å²) < 4.78 is 45.7. The third-order valence-corrected chi connectivity index (χ3v) is 7.59. The Kier molecular flexibility index (Phi) is 12.7. The standard InChI is InChI=1S/C31H38O13S/c1-8-37-26(36)12-10-22-13-23-24(11-9-21(30(23)45-22)14-39-17(4)32)43-31-29(42-20(7)35)28(41-19(6)34)27(40-18(5)33)25(44-31)15-38-16(2)3/h9,11,13,25,27-29,31H,2,8,10,12,14-15H2,1,3-7H3/t25-,27+,28+,29-,31-/m1/s1. The number of allylic oxidation sites excluding steroid dienone is 1. The molecule has 1 aromatic carbocycles. The maximum Gasteiger partial charge on any atom is 0.306 e.